The van der Waals surface area contributed by atoms with Crippen molar-refractivity contribution in [1.82, 2.24) is 0 Å². The summed E-state index contributed by atoms with van der Waals surface area (Å²) in [7, 11) is 2.01. The number of nitrogens with zero attached hydrogens (tertiary/aromatic N) is 2. The molecule has 2 rings (SSSR count). The first-order chi connectivity index (χ1) is 8.63. The molecule has 1 unspecified atom stereocenters. The second-order valence-corrected chi connectivity index (χ2v) is 4.68. The molecule has 1 aromatic carbocycles. The van der Waals surface area contributed by atoms with Gasteiger partial charge in [-0.25, -0.2) is 0 Å². The minimum absolute atomic E-state index is 0.0124. The molecule has 1 saturated heterocycles. The molecule has 0 radical (unpaired) electrons. The number of rotatable bonds is 3. The smallest absolute Gasteiger partial charge is 0.171 e. The molecule has 0 bridgehead atoms. The maximum atomic E-state index is 8.64. The monoisotopic (exact) mass is 269 g/mol. The highest BCUT2D eigenvalue weighted by Gasteiger charge is 2.21. The number of benzene rings is 1. The molecule has 0 aromatic heterocycles. The van der Waals surface area contributed by atoms with Gasteiger partial charge < -0.3 is 20.6 Å². The second-order valence-electron chi connectivity index (χ2n) is 4.28. The molecule has 0 saturated carbocycles. The summed E-state index contributed by atoms with van der Waals surface area (Å²) >= 11 is 6.12. The minimum Gasteiger partial charge on any atom is -0.409 e. The number of ether oxygens (including phenoxy) is 1. The van der Waals surface area contributed by atoms with Crippen LogP contribution in [0.15, 0.2) is 23.4 Å². The van der Waals surface area contributed by atoms with Crippen molar-refractivity contribution in [2.75, 3.05) is 25.2 Å². The van der Waals surface area contributed by atoms with Crippen molar-refractivity contribution in [2.24, 2.45) is 10.9 Å². The third-order valence-corrected chi connectivity index (χ3v) is 3.51. The Kier molecular flexibility index (Phi) is 3.93. The molecule has 1 aromatic rings. The number of hydrogen-bond acceptors (Lipinski definition) is 4. The van der Waals surface area contributed by atoms with E-state index >= 15 is 0 Å². The standard InChI is InChI=1S/C12H16ClN3O2/c1-16(9-4-5-18-7-9)8-2-3-10(11(13)6-8)12(14)15-17/h2-3,6,9,17H,4-5,7H2,1H3,(H2,14,15). The maximum absolute atomic E-state index is 8.64. The van der Waals surface area contributed by atoms with E-state index in [-0.39, 0.29) is 5.84 Å². The minimum atomic E-state index is 0.0124. The van der Waals surface area contributed by atoms with Crippen LogP contribution in [0.1, 0.15) is 12.0 Å². The quantitative estimate of drug-likeness (QED) is 0.379. The number of oxime groups is 1. The SMILES string of the molecule is CN(c1ccc(/C(N)=N/O)c(Cl)c1)C1CCOC1. The number of likely N-dealkylation sites (N-methyl/N-ethyl adjacent to an activating group) is 1. The molecule has 0 amide bonds. The molecule has 1 atom stereocenters. The fourth-order valence-electron chi connectivity index (χ4n) is 2.02. The Bertz CT molecular complexity index is 459. The van der Waals surface area contributed by atoms with Gasteiger partial charge in [-0.15, -0.1) is 0 Å². The fraction of sp³-hybridized carbons (Fsp3) is 0.417. The van der Waals surface area contributed by atoms with E-state index in [0.717, 1.165) is 25.3 Å². The van der Waals surface area contributed by atoms with Gasteiger partial charge in [0.15, 0.2) is 5.84 Å². The molecular formula is C12H16ClN3O2. The molecule has 1 heterocycles. The van der Waals surface area contributed by atoms with E-state index in [1.165, 1.54) is 0 Å². The Balaban J connectivity index is 2.22. The van der Waals surface area contributed by atoms with Gasteiger partial charge in [0.05, 0.1) is 17.7 Å². The molecule has 3 N–H and O–H groups in total. The summed E-state index contributed by atoms with van der Waals surface area (Å²) in [5.41, 5.74) is 7.04. The molecule has 1 fully saturated rings. The van der Waals surface area contributed by atoms with E-state index in [2.05, 4.69) is 10.1 Å². The van der Waals surface area contributed by atoms with Gasteiger partial charge in [0, 0.05) is 24.9 Å². The zero-order valence-electron chi connectivity index (χ0n) is 10.1. The van der Waals surface area contributed by atoms with Crippen molar-refractivity contribution >= 4 is 23.1 Å². The highest BCUT2D eigenvalue weighted by Crippen LogP contribution is 2.26. The molecule has 0 spiro atoms. The van der Waals surface area contributed by atoms with Gasteiger partial charge in [0.2, 0.25) is 0 Å². The van der Waals surface area contributed by atoms with Crippen LogP contribution in [-0.4, -0.2) is 37.3 Å². The van der Waals surface area contributed by atoms with Crippen molar-refractivity contribution in [1.29, 1.82) is 0 Å². The lowest BCUT2D eigenvalue weighted by atomic mass is 10.1. The van der Waals surface area contributed by atoms with Crippen molar-refractivity contribution in [2.45, 2.75) is 12.5 Å². The van der Waals surface area contributed by atoms with Crippen LogP contribution in [0.4, 0.5) is 5.69 Å². The molecule has 1 aliphatic rings. The Hall–Kier alpha value is -1.46. The van der Waals surface area contributed by atoms with Crippen LogP contribution in [0.3, 0.4) is 0 Å². The molecule has 6 heteroatoms. The van der Waals surface area contributed by atoms with Crippen LogP contribution in [0.5, 0.6) is 0 Å². The summed E-state index contributed by atoms with van der Waals surface area (Å²) in [5.74, 6) is 0.0124. The van der Waals surface area contributed by atoms with Crippen LogP contribution in [0.2, 0.25) is 5.02 Å². The van der Waals surface area contributed by atoms with E-state index in [1.807, 2.05) is 19.2 Å². The van der Waals surface area contributed by atoms with Crippen molar-refractivity contribution in [3.05, 3.63) is 28.8 Å². The lowest BCUT2D eigenvalue weighted by molar-refractivity contribution is 0.193. The first-order valence-electron chi connectivity index (χ1n) is 5.71. The fourth-order valence-corrected chi connectivity index (χ4v) is 2.29. The summed E-state index contributed by atoms with van der Waals surface area (Å²) in [6.07, 6.45) is 1.01. The molecule has 18 heavy (non-hydrogen) atoms. The normalized spacial score (nSPS) is 20.1. The van der Waals surface area contributed by atoms with E-state index in [9.17, 15) is 0 Å². The van der Waals surface area contributed by atoms with E-state index in [4.69, 9.17) is 27.3 Å². The third-order valence-electron chi connectivity index (χ3n) is 3.20. The second kappa shape index (κ2) is 5.46. The highest BCUT2D eigenvalue weighted by atomic mass is 35.5. The van der Waals surface area contributed by atoms with Gasteiger partial charge in [-0.1, -0.05) is 16.8 Å². The zero-order chi connectivity index (χ0) is 13.1. The maximum Gasteiger partial charge on any atom is 0.171 e. The summed E-state index contributed by atoms with van der Waals surface area (Å²) < 4.78 is 5.36. The lowest BCUT2D eigenvalue weighted by Crippen LogP contribution is -2.31. The van der Waals surface area contributed by atoms with Gasteiger partial charge in [0.25, 0.3) is 0 Å². The number of halogens is 1. The van der Waals surface area contributed by atoms with Crippen molar-refractivity contribution in [3.8, 4) is 0 Å². The van der Waals surface area contributed by atoms with E-state index in [0.29, 0.717) is 16.6 Å². The largest absolute Gasteiger partial charge is 0.409 e. The topological polar surface area (TPSA) is 71.1 Å². The molecule has 1 aliphatic heterocycles. The molecule has 5 nitrogen and oxygen atoms in total. The molecular weight excluding hydrogens is 254 g/mol. The average Bonchev–Trinajstić information content (AvgIpc) is 2.90. The summed E-state index contributed by atoms with van der Waals surface area (Å²) in [4.78, 5) is 2.13. The summed E-state index contributed by atoms with van der Waals surface area (Å²) in [6, 6.07) is 5.83. The first-order valence-corrected chi connectivity index (χ1v) is 6.09. The molecule has 98 valence electrons. The Morgan fingerprint density at radius 2 is 2.39 bits per heavy atom. The van der Waals surface area contributed by atoms with Crippen molar-refractivity contribution < 1.29 is 9.94 Å². The number of hydrogen-bond donors (Lipinski definition) is 2. The van der Waals surface area contributed by atoms with Gasteiger partial charge >= 0.3 is 0 Å². The van der Waals surface area contributed by atoms with E-state index < -0.39 is 0 Å². The van der Waals surface area contributed by atoms with Gasteiger partial charge in [0.1, 0.15) is 0 Å². The average molecular weight is 270 g/mol. The number of anilines is 1. The molecule has 0 aliphatic carbocycles. The van der Waals surface area contributed by atoms with Gasteiger partial charge in [-0.05, 0) is 24.6 Å². The van der Waals surface area contributed by atoms with Crippen LogP contribution >= 0.6 is 11.6 Å². The summed E-state index contributed by atoms with van der Waals surface area (Å²) in [6.45, 7) is 1.53. The Morgan fingerprint density at radius 1 is 1.61 bits per heavy atom. The zero-order valence-corrected chi connectivity index (χ0v) is 10.9. The van der Waals surface area contributed by atoms with Crippen LogP contribution in [0, 0.1) is 0 Å². The Morgan fingerprint density at radius 3 is 2.94 bits per heavy atom. The van der Waals surface area contributed by atoms with Crippen LogP contribution in [0.25, 0.3) is 0 Å². The predicted molar refractivity (Wildman–Crippen MR) is 71.6 cm³/mol. The third kappa shape index (κ3) is 2.52. The van der Waals surface area contributed by atoms with Crippen molar-refractivity contribution in [3.63, 3.8) is 0 Å². The summed E-state index contributed by atoms with van der Waals surface area (Å²) in [5, 5.41) is 12.1. The Labute approximate surface area is 111 Å². The number of nitrogens with two attached hydrogens (primary N) is 1. The number of amidine groups is 1. The van der Waals surface area contributed by atoms with Gasteiger partial charge in [-0.2, -0.15) is 0 Å². The highest BCUT2D eigenvalue weighted by molar-refractivity contribution is 6.34. The van der Waals surface area contributed by atoms with Gasteiger partial charge in [-0.3, -0.25) is 0 Å². The first kappa shape index (κ1) is 13.0. The van der Waals surface area contributed by atoms with Crippen LogP contribution < -0.4 is 10.6 Å². The predicted octanol–water partition coefficient (Wildman–Crippen LogP) is 1.66. The van der Waals surface area contributed by atoms with E-state index in [1.54, 1.807) is 6.07 Å². The van der Waals surface area contributed by atoms with Crippen LogP contribution in [-0.2, 0) is 4.74 Å². The lowest BCUT2D eigenvalue weighted by Gasteiger charge is -2.25.